The third kappa shape index (κ3) is 5.13. The highest BCUT2D eigenvalue weighted by Gasteiger charge is 2.27. The lowest BCUT2D eigenvalue weighted by atomic mass is 9.96. The predicted octanol–water partition coefficient (Wildman–Crippen LogP) is 13.7. The van der Waals surface area contributed by atoms with Crippen LogP contribution in [0.4, 0.5) is 17.1 Å². The largest absolute Gasteiger partial charge is 0.309 e. The molecule has 2 heterocycles. The van der Waals surface area contributed by atoms with Gasteiger partial charge in [0.05, 0.1) is 22.4 Å². The summed E-state index contributed by atoms with van der Waals surface area (Å²) in [6.45, 7) is 0. The number of anilines is 3. The minimum atomic E-state index is 1.15. The minimum absolute atomic E-state index is 1.15. The fraction of sp³-hybridized carbons (Fsp3) is 0. The molecule has 8 aromatic carbocycles. The van der Waals surface area contributed by atoms with Crippen LogP contribution in [0.25, 0.3) is 60.9 Å². The van der Waals surface area contributed by atoms with E-state index in [0.29, 0.717) is 0 Å². The van der Waals surface area contributed by atoms with Gasteiger partial charge in [-0.05, 0) is 100 Å². The summed E-state index contributed by atoms with van der Waals surface area (Å²) in [6.07, 6.45) is 0. The van der Waals surface area contributed by atoms with Crippen molar-refractivity contribution in [1.29, 1.82) is 0 Å². The fourth-order valence-electron chi connectivity index (χ4n) is 7.56. The van der Waals surface area contributed by atoms with Gasteiger partial charge in [-0.1, -0.05) is 139 Å². The van der Waals surface area contributed by atoms with Gasteiger partial charge >= 0.3 is 0 Å². The summed E-state index contributed by atoms with van der Waals surface area (Å²) >= 11 is 1.85. The summed E-state index contributed by atoms with van der Waals surface area (Å²) < 4.78 is 2.44. The highest BCUT2D eigenvalue weighted by Crippen LogP contribution is 2.53. The molecule has 0 bridgehead atoms. The Morgan fingerprint density at radius 3 is 1.61 bits per heavy atom. The Hall–Kier alpha value is -6.29. The van der Waals surface area contributed by atoms with Crippen molar-refractivity contribution in [2.75, 3.05) is 4.90 Å². The molecule has 10 rings (SSSR count). The van der Waals surface area contributed by atoms with Crippen LogP contribution in [-0.2, 0) is 0 Å². The summed E-state index contributed by atoms with van der Waals surface area (Å²) in [4.78, 5) is 4.92. The third-order valence-corrected chi connectivity index (χ3v) is 11.0. The van der Waals surface area contributed by atoms with Crippen LogP contribution in [0.2, 0.25) is 0 Å². The van der Waals surface area contributed by atoms with Crippen LogP contribution in [0.5, 0.6) is 0 Å². The number of para-hydroxylation sites is 3. The zero-order valence-electron chi connectivity index (χ0n) is 27.8. The topological polar surface area (TPSA) is 8.17 Å². The van der Waals surface area contributed by atoms with Gasteiger partial charge in [-0.3, -0.25) is 0 Å². The molecule has 0 amide bonds. The number of rotatable bonds is 5. The molecule has 0 saturated heterocycles. The van der Waals surface area contributed by atoms with Crippen molar-refractivity contribution in [2.45, 2.75) is 9.79 Å². The lowest BCUT2D eigenvalue weighted by Gasteiger charge is -2.33. The number of nitrogens with zero attached hydrogens (tertiary/aromatic N) is 2. The van der Waals surface area contributed by atoms with Crippen LogP contribution in [0.1, 0.15) is 0 Å². The van der Waals surface area contributed by atoms with Crippen molar-refractivity contribution in [3.05, 3.63) is 194 Å². The van der Waals surface area contributed by atoms with E-state index in [1.165, 1.54) is 76.4 Å². The van der Waals surface area contributed by atoms with E-state index < -0.39 is 0 Å². The Labute approximate surface area is 301 Å². The molecule has 2 nitrogen and oxygen atoms in total. The average molecular weight is 669 g/mol. The van der Waals surface area contributed by atoms with Gasteiger partial charge in [-0.2, -0.15) is 0 Å². The van der Waals surface area contributed by atoms with Crippen molar-refractivity contribution >= 4 is 50.6 Å². The summed E-state index contributed by atoms with van der Waals surface area (Å²) in [5.41, 5.74) is 14.4. The SMILES string of the molecule is c1ccc(-c2cccc(-c3cccc(-c4cccc(-n5c6ccccc6c6cc7c(cc65)Sc5ccccc5N7c5ccccc5)c4)c3)c2)cc1. The van der Waals surface area contributed by atoms with Crippen LogP contribution in [0.15, 0.2) is 204 Å². The Kier molecular flexibility index (Phi) is 7.11. The standard InChI is InChI=1S/C48H32N2S/c1-3-14-33(15-4-1)34-16-11-17-35(28-34)36-18-12-19-37(29-36)38-20-13-23-40(30-38)50-43-25-8-7-24-41(43)42-31-46-48(32-45(42)50)51-47-27-10-9-26-44(47)49(46)39-21-5-2-6-22-39/h1-32H. The molecule has 0 N–H and O–H groups in total. The second kappa shape index (κ2) is 12.2. The minimum Gasteiger partial charge on any atom is -0.309 e. The first kappa shape index (κ1) is 29.6. The van der Waals surface area contributed by atoms with Gasteiger partial charge in [0.25, 0.3) is 0 Å². The van der Waals surface area contributed by atoms with Crippen LogP contribution in [0, 0.1) is 0 Å². The van der Waals surface area contributed by atoms with E-state index in [1.54, 1.807) is 0 Å². The molecule has 9 aromatic rings. The first-order valence-electron chi connectivity index (χ1n) is 17.3. The van der Waals surface area contributed by atoms with Crippen molar-refractivity contribution in [3.8, 4) is 39.1 Å². The molecule has 51 heavy (non-hydrogen) atoms. The smallest absolute Gasteiger partial charge is 0.0609 e. The molecule has 1 aliphatic heterocycles. The van der Waals surface area contributed by atoms with Crippen LogP contribution in [0.3, 0.4) is 0 Å². The molecule has 0 atom stereocenters. The summed E-state index contributed by atoms with van der Waals surface area (Å²) in [5.74, 6) is 0. The monoisotopic (exact) mass is 668 g/mol. The van der Waals surface area contributed by atoms with Gasteiger partial charge in [0.15, 0.2) is 0 Å². The predicted molar refractivity (Wildman–Crippen MR) is 216 cm³/mol. The zero-order valence-corrected chi connectivity index (χ0v) is 28.6. The number of fused-ring (bicyclic) bond motifs is 5. The van der Waals surface area contributed by atoms with Crippen molar-refractivity contribution in [2.24, 2.45) is 0 Å². The van der Waals surface area contributed by atoms with E-state index in [-0.39, 0.29) is 0 Å². The highest BCUT2D eigenvalue weighted by molar-refractivity contribution is 7.99. The van der Waals surface area contributed by atoms with Gasteiger partial charge in [-0.25, -0.2) is 0 Å². The molecule has 0 radical (unpaired) electrons. The summed E-state index contributed by atoms with van der Waals surface area (Å²) in [5, 5.41) is 2.49. The second-order valence-electron chi connectivity index (χ2n) is 13.0. The maximum absolute atomic E-state index is 2.44. The Morgan fingerprint density at radius 1 is 0.314 bits per heavy atom. The molecular formula is C48H32N2S. The quantitative estimate of drug-likeness (QED) is 0.180. The fourth-order valence-corrected chi connectivity index (χ4v) is 8.64. The van der Waals surface area contributed by atoms with Crippen molar-refractivity contribution in [1.82, 2.24) is 4.57 Å². The number of aromatic nitrogens is 1. The third-order valence-electron chi connectivity index (χ3n) is 9.94. The lowest BCUT2D eigenvalue weighted by Crippen LogP contribution is -2.14. The maximum atomic E-state index is 2.44. The Bertz CT molecular complexity index is 2730. The van der Waals surface area contributed by atoms with Gasteiger partial charge in [-0.15, -0.1) is 0 Å². The first-order valence-corrected chi connectivity index (χ1v) is 18.2. The molecular weight excluding hydrogens is 637 g/mol. The van der Waals surface area contributed by atoms with E-state index in [0.717, 1.165) is 11.4 Å². The maximum Gasteiger partial charge on any atom is 0.0609 e. The van der Waals surface area contributed by atoms with Gasteiger partial charge < -0.3 is 9.47 Å². The molecule has 0 fully saturated rings. The van der Waals surface area contributed by atoms with E-state index in [9.17, 15) is 0 Å². The van der Waals surface area contributed by atoms with Gasteiger partial charge in [0.1, 0.15) is 0 Å². The van der Waals surface area contributed by atoms with E-state index in [1.807, 2.05) is 11.8 Å². The molecule has 0 spiro atoms. The van der Waals surface area contributed by atoms with Crippen LogP contribution < -0.4 is 4.90 Å². The second-order valence-corrected chi connectivity index (χ2v) is 14.1. The average Bonchev–Trinajstić information content (AvgIpc) is 3.53. The molecule has 0 unspecified atom stereocenters. The van der Waals surface area contributed by atoms with E-state index in [4.69, 9.17) is 0 Å². The number of hydrogen-bond donors (Lipinski definition) is 0. The first-order chi connectivity index (χ1) is 25.3. The van der Waals surface area contributed by atoms with Crippen LogP contribution >= 0.6 is 11.8 Å². The van der Waals surface area contributed by atoms with E-state index >= 15 is 0 Å². The molecule has 0 aliphatic carbocycles. The van der Waals surface area contributed by atoms with E-state index in [2.05, 4.69) is 204 Å². The van der Waals surface area contributed by atoms with Gasteiger partial charge in [0.2, 0.25) is 0 Å². The Balaban J connectivity index is 1.10. The Morgan fingerprint density at radius 2 is 0.863 bits per heavy atom. The zero-order chi connectivity index (χ0) is 33.7. The summed E-state index contributed by atoms with van der Waals surface area (Å²) in [6, 6.07) is 70.4. The summed E-state index contributed by atoms with van der Waals surface area (Å²) in [7, 11) is 0. The highest BCUT2D eigenvalue weighted by atomic mass is 32.2. The molecule has 0 saturated carbocycles. The molecule has 1 aliphatic rings. The number of benzene rings is 8. The van der Waals surface area contributed by atoms with Crippen molar-refractivity contribution in [3.63, 3.8) is 0 Å². The molecule has 3 heteroatoms. The molecule has 1 aromatic heterocycles. The normalized spacial score (nSPS) is 12.2. The van der Waals surface area contributed by atoms with Crippen LogP contribution in [-0.4, -0.2) is 4.57 Å². The lowest BCUT2D eigenvalue weighted by molar-refractivity contribution is 1.15. The number of hydrogen-bond acceptors (Lipinski definition) is 2. The molecule has 240 valence electrons. The van der Waals surface area contributed by atoms with Crippen molar-refractivity contribution < 1.29 is 0 Å². The van der Waals surface area contributed by atoms with Gasteiger partial charge in [0, 0.05) is 31.9 Å².